The van der Waals surface area contributed by atoms with Crippen molar-refractivity contribution in [2.75, 3.05) is 39.3 Å². The van der Waals surface area contributed by atoms with Crippen molar-refractivity contribution in [2.45, 2.75) is 12.5 Å². The van der Waals surface area contributed by atoms with Gasteiger partial charge in [-0.2, -0.15) is 0 Å². The molecule has 5 rings (SSSR count). The van der Waals surface area contributed by atoms with Crippen LogP contribution < -0.4 is 0 Å². The molecule has 0 unspecified atom stereocenters. The molecular formula is C34H33F2N3O2. The summed E-state index contributed by atoms with van der Waals surface area (Å²) in [5.74, 6) is -1.22. The first kappa shape index (κ1) is 28.2. The molecule has 0 aliphatic carbocycles. The van der Waals surface area contributed by atoms with Crippen LogP contribution in [0.3, 0.4) is 0 Å². The number of amides is 2. The van der Waals surface area contributed by atoms with Gasteiger partial charge < -0.3 is 9.80 Å². The van der Waals surface area contributed by atoms with Crippen LogP contribution in [0.1, 0.15) is 33.0 Å². The van der Waals surface area contributed by atoms with E-state index in [1.54, 1.807) is 17.0 Å². The van der Waals surface area contributed by atoms with Gasteiger partial charge in [0, 0.05) is 51.4 Å². The maximum atomic E-state index is 13.8. The normalized spacial score (nSPS) is 13.8. The van der Waals surface area contributed by atoms with E-state index in [2.05, 4.69) is 4.90 Å². The van der Waals surface area contributed by atoms with E-state index in [4.69, 9.17) is 0 Å². The van der Waals surface area contributed by atoms with Gasteiger partial charge >= 0.3 is 0 Å². The third-order valence-corrected chi connectivity index (χ3v) is 7.55. The number of nitrogens with zero attached hydrogens (tertiary/aromatic N) is 3. The minimum atomic E-state index is -0.402. The van der Waals surface area contributed by atoms with E-state index < -0.39 is 5.82 Å². The van der Waals surface area contributed by atoms with Crippen LogP contribution in [-0.2, 0) is 11.3 Å². The smallest absolute Gasteiger partial charge is 0.254 e. The van der Waals surface area contributed by atoms with Crippen LogP contribution in [-0.4, -0.2) is 65.8 Å². The zero-order valence-corrected chi connectivity index (χ0v) is 22.8. The van der Waals surface area contributed by atoms with E-state index in [1.165, 1.54) is 36.4 Å². The summed E-state index contributed by atoms with van der Waals surface area (Å²) in [5, 5.41) is 0. The summed E-state index contributed by atoms with van der Waals surface area (Å²) in [5.41, 5.74) is 3.16. The van der Waals surface area contributed by atoms with Gasteiger partial charge in [0.2, 0.25) is 5.91 Å². The van der Waals surface area contributed by atoms with Crippen molar-refractivity contribution in [1.29, 1.82) is 0 Å². The molecule has 0 radical (unpaired) electrons. The van der Waals surface area contributed by atoms with E-state index >= 15 is 0 Å². The van der Waals surface area contributed by atoms with E-state index in [-0.39, 0.29) is 23.5 Å². The molecule has 1 aliphatic heterocycles. The molecule has 2 amide bonds. The minimum absolute atomic E-state index is 0.0893. The highest BCUT2D eigenvalue weighted by molar-refractivity contribution is 5.94. The van der Waals surface area contributed by atoms with Crippen molar-refractivity contribution in [3.63, 3.8) is 0 Å². The predicted octanol–water partition coefficient (Wildman–Crippen LogP) is 5.58. The molecule has 7 heteroatoms. The number of benzene rings is 4. The van der Waals surface area contributed by atoms with Gasteiger partial charge in [0.1, 0.15) is 11.6 Å². The molecule has 1 aliphatic rings. The molecule has 41 heavy (non-hydrogen) atoms. The Kier molecular flexibility index (Phi) is 9.16. The SMILES string of the molecule is O=C(c1ccc(F)cc1)N(CCN1CCN(C(=O)C(c2ccccc2)c2ccccc2)CC1)Cc1ccc(F)cc1. The second kappa shape index (κ2) is 13.3. The fourth-order valence-electron chi connectivity index (χ4n) is 5.24. The van der Waals surface area contributed by atoms with Gasteiger partial charge in [-0.25, -0.2) is 8.78 Å². The monoisotopic (exact) mass is 553 g/mol. The molecule has 0 spiro atoms. The highest BCUT2D eigenvalue weighted by Gasteiger charge is 2.30. The molecule has 1 heterocycles. The number of hydrogen-bond donors (Lipinski definition) is 0. The summed E-state index contributed by atoms with van der Waals surface area (Å²) in [7, 11) is 0. The van der Waals surface area contributed by atoms with Crippen molar-refractivity contribution >= 4 is 11.8 Å². The number of hydrogen-bond acceptors (Lipinski definition) is 3. The Hall–Kier alpha value is -4.36. The van der Waals surface area contributed by atoms with Crippen molar-refractivity contribution in [2.24, 2.45) is 0 Å². The van der Waals surface area contributed by atoms with Crippen LogP contribution in [0, 0.1) is 11.6 Å². The summed E-state index contributed by atoms with van der Waals surface area (Å²) in [6.45, 7) is 3.95. The third-order valence-electron chi connectivity index (χ3n) is 7.55. The molecule has 0 N–H and O–H groups in total. The minimum Gasteiger partial charge on any atom is -0.339 e. The Bertz CT molecular complexity index is 1380. The number of carbonyl (C=O) groups excluding carboxylic acids is 2. The van der Waals surface area contributed by atoms with Crippen molar-refractivity contribution < 1.29 is 18.4 Å². The highest BCUT2D eigenvalue weighted by Crippen LogP contribution is 2.27. The number of halogens is 2. The fourth-order valence-corrected chi connectivity index (χ4v) is 5.24. The Labute approximate surface area is 239 Å². The van der Waals surface area contributed by atoms with Crippen LogP contribution >= 0.6 is 0 Å². The molecule has 210 valence electrons. The molecule has 0 atom stereocenters. The quantitative estimate of drug-likeness (QED) is 0.272. The lowest BCUT2D eigenvalue weighted by molar-refractivity contribution is -0.133. The average Bonchev–Trinajstić information content (AvgIpc) is 3.01. The van der Waals surface area contributed by atoms with Gasteiger partial charge in [-0.3, -0.25) is 14.5 Å². The summed E-state index contributed by atoms with van der Waals surface area (Å²) >= 11 is 0. The van der Waals surface area contributed by atoms with Crippen LogP contribution in [0.4, 0.5) is 8.78 Å². The molecule has 5 nitrogen and oxygen atoms in total. The van der Waals surface area contributed by atoms with Gasteiger partial charge in [0.05, 0.1) is 5.92 Å². The highest BCUT2D eigenvalue weighted by atomic mass is 19.1. The van der Waals surface area contributed by atoms with Crippen LogP contribution in [0.5, 0.6) is 0 Å². The zero-order chi connectivity index (χ0) is 28.6. The number of rotatable bonds is 9. The molecule has 0 saturated carbocycles. The lowest BCUT2D eigenvalue weighted by atomic mass is 9.90. The first-order chi connectivity index (χ1) is 20.0. The van der Waals surface area contributed by atoms with Gasteiger partial charge in [-0.1, -0.05) is 72.8 Å². The topological polar surface area (TPSA) is 43.9 Å². The summed E-state index contributed by atoms with van der Waals surface area (Å²) in [6.07, 6.45) is 0. The maximum Gasteiger partial charge on any atom is 0.254 e. The zero-order valence-electron chi connectivity index (χ0n) is 22.8. The van der Waals surface area contributed by atoms with Gasteiger partial charge in [0.15, 0.2) is 0 Å². The van der Waals surface area contributed by atoms with Crippen LogP contribution in [0.25, 0.3) is 0 Å². The molecule has 1 saturated heterocycles. The van der Waals surface area contributed by atoms with Crippen molar-refractivity contribution in [3.05, 3.63) is 143 Å². The van der Waals surface area contributed by atoms with Crippen LogP contribution in [0.2, 0.25) is 0 Å². The largest absolute Gasteiger partial charge is 0.339 e. The van der Waals surface area contributed by atoms with E-state index in [0.29, 0.717) is 51.4 Å². The first-order valence-corrected chi connectivity index (χ1v) is 13.9. The van der Waals surface area contributed by atoms with Crippen molar-refractivity contribution in [1.82, 2.24) is 14.7 Å². The van der Waals surface area contributed by atoms with Crippen molar-refractivity contribution in [3.8, 4) is 0 Å². The molecule has 0 bridgehead atoms. The number of carbonyl (C=O) groups is 2. The average molecular weight is 554 g/mol. The number of piperazine rings is 1. The van der Waals surface area contributed by atoms with E-state index in [1.807, 2.05) is 65.6 Å². The molecule has 1 fully saturated rings. The fraction of sp³-hybridized carbons (Fsp3) is 0.235. The summed E-state index contributed by atoms with van der Waals surface area (Å²) in [4.78, 5) is 33.0. The Balaban J connectivity index is 1.23. The van der Waals surface area contributed by atoms with E-state index in [9.17, 15) is 18.4 Å². The Morgan fingerprint density at radius 1 is 0.683 bits per heavy atom. The van der Waals surface area contributed by atoms with E-state index in [0.717, 1.165) is 16.7 Å². The maximum absolute atomic E-state index is 13.8. The summed E-state index contributed by atoms with van der Waals surface area (Å²) < 4.78 is 26.9. The summed E-state index contributed by atoms with van der Waals surface area (Å²) in [6, 6.07) is 31.4. The standard InChI is InChI=1S/C34H33F2N3O2/c35-30-15-11-26(12-16-30)25-39(33(40)29-13-17-31(36)18-14-29)24-21-37-19-22-38(23-20-37)34(41)32(27-7-3-1-4-8-27)28-9-5-2-6-10-28/h1-18,32H,19-25H2. The van der Waals surface area contributed by atoms with Gasteiger partial charge in [-0.15, -0.1) is 0 Å². The first-order valence-electron chi connectivity index (χ1n) is 13.9. The van der Waals surface area contributed by atoms with Gasteiger partial charge in [0.25, 0.3) is 5.91 Å². The van der Waals surface area contributed by atoms with Crippen LogP contribution in [0.15, 0.2) is 109 Å². The Morgan fingerprint density at radius 3 is 1.73 bits per heavy atom. The molecule has 4 aromatic rings. The molecular weight excluding hydrogens is 520 g/mol. The Morgan fingerprint density at radius 2 is 1.20 bits per heavy atom. The lowest BCUT2D eigenvalue weighted by Crippen LogP contribution is -2.51. The molecule has 4 aromatic carbocycles. The lowest BCUT2D eigenvalue weighted by Gasteiger charge is -2.37. The third kappa shape index (κ3) is 7.24. The molecule has 0 aromatic heterocycles. The predicted molar refractivity (Wildman–Crippen MR) is 155 cm³/mol. The van der Waals surface area contributed by atoms with Gasteiger partial charge in [-0.05, 0) is 53.1 Å². The second-order valence-electron chi connectivity index (χ2n) is 10.3. The second-order valence-corrected chi connectivity index (χ2v) is 10.3.